The molecule has 6 nitrogen and oxygen atoms in total. The minimum atomic E-state index is -4.32. The highest BCUT2D eigenvalue weighted by Crippen LogP contribution is 2.40. The Hall–Kier alpha value is -2.54. The smallest absolute Gasteiger partial charge is 0.387 e. The molecule has 11 heteroatoms. The molecule has 0 aliphatic rings. The molecule has 0 aliphatic heterocycles. The van der Waals surface area contributed by atoms with Crippen molar-refractivity contribution in [3.63, 3.8) is 0 Å². The predicted molar refractivity (Wildman–Crippen MR) is 103 cm³/mol. The monoisotopic (exact) mass is 463 g/mol. The lowest BCUT2D eigenvalue weighted by atomic mass is 10.1. The maximum Gasteiger partial charge on any atom is 0.387 e. The van der Waals surface area contributed by atoms with Gasteiger partial charge in [-0.15, -0.1) is 0 Å². The molecule has 0 fully saturated rings. The first-order valence-corrected chi connectivity index (χ1v) is 9.90. The zero-order chi connectivity index (χ0) is 21.8. The highest BCUT2D eigenvalue weighted by molar-refractivity contribution is 7.95. The van der Waals surface area contributed by atoms with Gasteiger partial charge < -0.3 is 14.2 Å². The lowest BCUT2D eigenvalue weighted by Gasteiger charge is -2.14. The van der Waals surface area contributed by atoms with Gasteiger partial charge in [-0.1, -0.05) is 23.2 Å². The van der Waals surface area contributed by atoms with Gasteiger partial charge in [-0.3, -0.25) is 0 Å². The number of nitrogens with zero attached hydrogens (tertiary/aromatic N) is 1. The summed E-state index contributed by atoms with van der Waals surface area (Å²) in [5.41, 5.74) is 0.124. The second kappa shape index (κ2) is 9.31. The van der Waals surface area contributed by atoms with Gasteiger partial charge in [-0.2, -0.15) is 14.0 Å². The van der Waals surface area contributed by atoms with Crippen LogP contribution in [0.4, 0.5) is 8.78 Å². The number of methoxy groups -OCH3 is 2. The molecule has 0 amide bonds. The Labute approximate surface area is 175 Å². The van der Waals surface area contributed by atoms with Gasteiger partial charge in [0.25, 0.3) is 0 Å². The highest BCUT2D eigenvalue weighted by atomic mass is 35.5. The largest absolute Gasteiger partial charge is 0.493 e. The van der Waals surface area contributed by atoms with Crippen molar-refractivity contribution in [2.24, 2.45) is 0 Å². The molecular weight excluding hydrogens is 451 g/mol. The molecule has 0 bridgehead atoms. The molecule has 2 aromatic carbocycles. The zero-order valence-corrected chi connectivity index (χ0v) is 17.3. The molecular formula is C18H13Cl2F2NO5S. The van der Waals surface area contributed by atoms with Gasteiger partial charge in [0.1, 0.15) is 11.0 Å². The van der Waals surface area contributed by atoms with E-state index in [2.05, 4.69) is 4.74 Å². The number of nitriles is 1. The van der Waals surface area contributed by atoms with E-state index >= 15 is 0 Å². The van der Waals surface area contributed by atoms with Gasteiger partial charge in [0.15, 0.2) is 11.5 Å². The first-order valence-electron chi connectivity index (χ1n) is 7.66. The van der Waals surface area contributed by atoms with E-state index in [0.29, 0.717) is 0 Å². The standard InChI is InChI=1S/C18H13Cl2F2NO5S/c1-26-14-6-10(7-15(27-2)17(14)28-18(21)22)5-12(9-23)29(24,25)16-8-11(19)3-4-13(16)20/h3-8,18H,1-2H3. The SMILES string of the molecule is COc1cc(C=C(C#N)S(=O)(=O)c2cc(Cl)ccc2Cl)cc(OC)c1OC(F)F. The average molecular weight is 464 g/mol. The van der Waals surface area contributed by atoms with Crippen LogP contribution < -0.4 is 14.2 Å². The summed E-state index contributed by atoms with van der Waals surface area (Å²) in [5, 5.41) is 9.41. The molecule has 29 heavy (non-hydrogen) atoms. The second-order valence-electron chi connectivity index (χ2n) is 5.33. The topological polar surface area (TPSA) is 85.6 Å². The number of hydrogen-bond donors (Lipinski definition) is 0. The minimum Gasteiger partial charge on any atom is -0.493 e. The number of alkyl halides is 2. The fourth-order valence-electron chi connectivity index (χ4n) is 2.31. The van der Waals surface area contributed by atoms with E-state index in [9.17, 15) is 22.5 Å². The van der Waals surface area contributed by atoms with Crippen LogP contribution in [0.2, 0.25) is 10.0 Å². The summed E-state index contributed by atoms with van der Waals surface area (Å²) in [5.74, 6) is -0.667. The summed E-state index contributed by atoms with van der Waals surface area (Å²) in [6.07, 6.45) is 1.02. The van der Waals surface area contributed by atoms with E-state index in [1.807, 2.05) is 0 Å². The Morgan fingerprint density at radius 3 is 2.21 bits per heavy atom. The molecule has 0 atom stereocenters. The van der Waals surface area contributed by atoms with Crippen LogP contribution in [0.3, 0.4) is 0 Å². The lowest BCUT2D eigenvalue weighted by molar-refractivity contribution is -0.0526. The van der Waals surface area contributed by atoms with Crippen molar-refractivity contribution in [3.8, 4) is 23.3 Å². The van der Waals surface area contributed by atoms with Gasteiger partial charge in [0, 0.05) is 5.02 Å². The lowest BCUT2D eigenvalue weighted by Crippen LogP contribution is -2.06. The third kappa shape index (κ3) is 5.09. The van der Waals surface area contributed by atoms with Crippen LogP contribution in [0.25, 0.3) is 6.08 Å². The summed E-state index contributed by atoms with van der Waals surface area (Å²) in [6, 6.07) is 7.83. The number of hydrogen-bond acceptors (Lipinski definition) is 6. The maximum absolute atomic E-state index is 12.8. The van der Waals surface area contributed by atoms with E-state index in [1.165, 1.54) is 38.5 Å². The van der Waals surface area contributed by atoms with Gasteiger partial charge in [-0.05, 0) is 42.0 Å². The first kappa shape index (κ1) is 22.7. The van der Waals surface area contributed by atoms with Crippen molar-refractivity contribution in [2.45, 2.75) is 11.5 Å². The Morgan fingerprint density at radius 2 is 1.72 bits per heavy atom. The van der Waals surface area contributed by atoms with E-state index < -0.39 is 21.4 Å². The van der Waals surface area contributed by atoms with E-state index in [4.69, 9.17) is 32.7 Å². The van der Waals surface area contributed by atoms with Gasteiger partial charge in [-0.25, -0.2) is 8.42 Å². The zero-order valence-electron chi connectivity index (χ0n) is 15.0. The average Bonchev–Trinajstić information content (AvgIpc) is 2.67. The van der Waals surface area contributed by atoms with E-state index in [1.54, 1.807) is 6.07 Å². The van der Waals surface area contributed by atoms with E-state index in [-0.39, 0.29) is 37.8 Å². The molecule has 0 N–H and O–H groups in total. The van der Waals surface area contributed by atoms with Crippen LogP contribution in [0.5, 0.6) is 17.2 Å². The number of rotatable bonds is 7. The summed E-state index contributed by atoms with van der Waals surface area (Å²) in [4.78, 5) is -1.01. The van der Waals surface area contributed by atoms with Crippen molar-refractivity contribution < 1.29 is 31.4 Å². The maximum atomic E-state index is 12.8. The second-order valence-corrected chi connectivity index (χ2v) is 8.06. The summed E-state index contributed by atoms with van der Waals surface area (Å²) in [7, 11) is -1.91. The summed E-state index contributed by atoms with van der Waals surface area (Å²) in [6.45, 7) is -3.14. The number of benzene rings is 2. The molecule has 2 aromatic rings. The van der Waals surface area contributed by atoms with Crippen molar-refractivity contribution in [3.05, 3.63) is 50.8 Å². The minimum absolute atomic E-state index is 0.113. The molecule has 0 spiro atoms. The summed E-state index contributed by atoms with van der Waals surface area (Å²) >= 11 is 11.8. The Morgan fingerprint density at radius 1 is 1.14 bits per heavy atom. The van der Waals surface area contributed by atoms with E-state index in [0.717, 1.165) is 12.1 Å². The number of sulfone groups is 1. The molecule has 0 aromatic heterocycles. The predicted octanol–water partition coefficient (Wildman–Crippen LogP) is 4.95. The Kier molecular flexibility index (Phi) is 7.30. The quantitative estimate of drug-likeness (QED) is 0.539. The fourth-order valence-corrected chi connectivity index (χ4v) is 4.23. The number of halogens is 4. The van der Waals surface area contributed by atoms with Gasteiger partial charge in [0.05, 0.1) is 24.1 Å². The van der Waals surface area contributed by atoms with Crippen molar-refractivity contribution in [1.29, 1.82) is 5.26 Å². The number of ether oxygens (including phenoxy) is 3. The molecule has 0 saturated heterocycles. The highest BCUT2D eigenvalue weighted by Gasteiger charge is 2.25. The van der Waals surface area contributed by atoms with Crippen LogP contribution >= 0.6 is 23.2 Å². The molecule has 154 valence electrons. The molecule has 0 aliphatic carbocycles. The third-order valence-corrected chi connectivity index (χ3v) is 5.95. The normalized spacial score (nSPS) is 11.9. The third-order valence-electron chi connectivity index (χ3n) is 3.57. The number of allylic oxidation sites excluding steroid dienone is 1. The summed E-state index contributed by atoms with van der Waals surface area (Å²) < 4.78 is 65.4. The molecule has 0 saturated carbocycles. The first-order chi connectivity index (χ1) is 13.6. The van der Waals surface area contributed by atoms with Crippen molar-refractivity contribution >= 4 is 39.1 Å². The van der Waals surface area contributed by atoms with Crippen LogP contribution in [0.15, 0.2) is 40.1 Å². The fraction of sp³-hybridized carbons (Fsp3) is 0.167. The Balaban J connectivity index is 2.64. The van der Waals surface area contributed by atoms with Crippen LogP contribution in [-0.4, -0.2) is 29.2 Å². The van der Waals surface area contributed by atoms with Gasteiger partial charge in [0.2, 0.25) is 15.6 Å². The molecule has 0 heterocycles. The van der Waals surface area contributed by atoms with Gasteiger partial charge >= 0.3 is 6.61 Å². The van der Waals surface area contributed by atoms with Crippen LogP contribution in [-0.2, 0) is 9.84 Å². The Bertz CT molecular complexity index is 1070. The molecule has 0 unspecified atom stereocenters. The molecule has 2 rings (SSSR count). The van der Waals surface area contributed by atoms with Crippen LogP contribution in [0, 0.1) is 11.3 Å². The van der Waals surface area contributed by atoms with Crippen LogP contribution in [0.1, 0.15) is 5.56 Å². The van der Waals surface area contributed by atoms with Crippen molar-refractivity contribution in [2.75, 3.05) is 14.2 Å². The molecule has 0 radical (unpaired) electrons. The van der Waals surface area contributed by atoms with Crippen molar-refractivity contribution in [1.82, 2.24) is 0 Å².